The highest BCUT2D eigenvalue weighted by Gasteiger charge is 2.10. The normalized spacial score (nSPS) is 14.3. The Morgan fingerprint density at radius 3 is 2.39 bits per heavy atom. The van der Waals surface area contributed by atoms with Crippen LogP contribution >= 0.6 is 0 Å². The van der Waals surface area contributed by atoms with Crippen molar-refractivity contribution in [1.82, 2.24) is 4.98 Å². The summed E-state index contributed by atoms with van der Waals surface area (Å²) in [5.41, 5.74) is 8.16. The molecular weight excluding hydrogens is 222 g/mol. The van der Waals surface area contributed by atoms with Gasteiger partial charge in [0, 0.05) is 19.1 Å². The van der Waals surface area contributed by atoms with E-state index in [0.29, 0.717) is 5.92 Å². The molecule has 0 aromatic carbocycles. The molecule has 0 aliphatic rings. The van der Waals surface area contributed by atoms with Gasteiger partial charge in [-0.05, 0) is 31.4 Å². The molecule has 1 aromatic rings. The largest absolute Gasteiger partial charge is 0.370 e. The van der Waals surface area contributed by atoms with Crippen molar-refractivity contribution < 1.29 is 0 Å². The first-order valence-corrected chi connectivity index (χ1v) is 7.08. The molecule has 0 spiro atoms. The van der Waals surface area contributed by atoms with E-state index < -0.39 is 0 Å². The lowest BCUT2D eigenvalue weighted by atomic mass is 10.1. The molecule has 0 fully saturated rings. The summed E-state index contributed by atoms with van der Waals surface area (Å²) in [6.45, 7) is 10.9. The van der Waals surface area contributed by atoms with Gasteiger partial charge < -0.3 is 10.6 Å². The number of nitrogens with two attached hydrogens (primary N) is 1. The third kappa shape index (κ3) is 3.98. The van der Waals surface area contributed by atoms with Crippen molar-refractivity contribution in [3.8, 4) is 0 Å². The van der Waals surface area contributed by atoms with Crippen LogP contribution < -0.4 is 10.6 Å². The standard InChI is InChI=1S/C15H27N3/c1-5-12(4)11-18(7-3)13-8-9-15(17-10-13)14(16)6-2/h8-10,12,14H,5-7,11,16H2,1-4H3. The van der Waals surface area contributed by atoms with Crippen LogP contribution in [0.5, 0.6) is 0 Å². The van der Waals surface area contributed by atoms with Crippen molar-refractivity contribution in [1.29, 1.82) is 0 Å². The maximum absolute atomic E-state index is 5.98. The molecular formula is C15H27N3. The molecule has 1 heterocycles. The predicted octanol–water partition coefficient (Wildman–Crippen LogP) is 3.36. The number of aromatic nitrogens is 1. The van der Waals surface area contributed by atoms with Crippen molar-refractivity contribution in [3.05, 3.63) is 24.0 Å². The second-order valence-corrected chi connectivity index (χ2v) is 5.01. The fourth-order valence-electron chi connectivity index (χ4n) is 1.94. The Bertz CT molecular complexity index is 334. The minimum absolute atomic E-state index is 0.0590. The van der Waals surface area contributed by atoms with Crippen molar-refractivity contribution in [3.63, 3.8) is 0 Å². The van der Waals surface area contributed by atoms with Crippen molar-refractivity contribution in [2.45, 2.75) is 46.6 Å². The van der Waals surface area contributed by atoms with Crippen molar-refractivity contribution in [2.75, 3.05) is 18.0 Å². The van der Waals surface area contributed by atoms with Crippen LogP contribution in [0, 0.1) is 5.92 Å². The monoisotopic (exact) mass is 249 g/mol. The van der Waals surface area contributed by atoms with Crippen LogP contribution in [0.1, 0.15) is 52.3 Å². The summed E-state index contributed by atoms with van der Waals surface area (Å²) in [5.74, 6) is 0.711. The van der Waals surface area contributed by atoms with Gasteiger partial charge in [0.1, 0.15) is 0 Å². The van der Waals surface area contributed by atoms with Gasteiger partial charge in [-0.25, -0.2) is 0 Å². The third-order valence-electron chi connectivity index (χ3n) is 3.57. The summed E-state index contributed by atoms with van der Waals surface area (Å²) in [7, 11) is 0. The van der Waals surface area contributed by atoms with Crippen molar-refractivity contribution >= 4 is 5.69 Å². The van der Waals surface area contributed by atoms with Gasteiger partial charge in [0.05, 0.1) is 17.6 Å². The van der Waals surface area contributed by atoms with Gasteiger partial charge in [0.25, 0.3) is 0 Å². The molecule has 102 valence electrons. The zero-order valence-corrected chi connectivity index (χ0v) is 12.2. The van der Waals surface area contributed by atoms with Gasteiger partial charge in [-0.1, -0.05) is 27.2 Å². The molecule has 3 heteroatoms. The van der Waals surface area contributed by atoms with Gasteiger partial charge in [-0.15, -0.1) is 0 Å². The highest BCUT2D eigenvalue weighted by atomic mass is 15.1. The zero-order chi connectivity index (χ0) is 13.5. The van der Waals surface area contributed by atoms with E-state index in [2.05, 4.69) is 49.7 Å². The summed E-state index contributed by atoms with van der Waals surface area (Å²) >= 11 is 0. The van der Waals surface area contributed by atoms with Crippen LogP contribution in [0.4, 0.5) is 5.69 Å². The maximum Gasteiger partial charge on any atom is 0.0572 e. The molecule has 18 heavy (non-hydrogen) atoms. The van der Waals surface area contributed by atoms with E-state index in [0.717, 1.165) is 25.2 Å². The number of nitrogens with zero attached hydrogens (tertiary/aromatic N) is 2. The van der Waals surface area contributed by atoms with Crippen LogP contribution in [0.2, 0.25) is 0 Å². The molecule has 0 radical (unpaired) electrons. The van der Waals surface area contributed by atoms with Gasteiger partial charge in [0.15, 0.2) is 0 Å². The van der Waals surface area contributed by atoms with E-state index in [9.17, 15) is 0 Å². The third-order valence-corrected chi connectivity index (χ3v) is 3.57. The predicted molar refractivity (Wildman–Crippen MR) is 78.8 cm³/mol. The number of rotatable bonds is 7. The second-order valence-electron chi connectivity index (χ2n) is 5.01. The van der Waals surface area contributed by atoms with E-state index in [4.69, 9.17) is 5.73 Å². The molecule has 1 rings (SSSR count). The first-order valence-electron chi connectivity index (χ1n) is 7.08. The molecule has 0 saturated heterocycles. The topological polar surface area (TPSA) is 42.1 Å². The summed E-state index contributed by atoms with van der Waals surface area (Å²) in [5, 5.41) is 0. The molecule has 1 aromatic heterocycles. The zero-order valence-electron chi connectivity index (χ0n) is 12.2. The fourth-order valence-corrected chi connectivity index (χ4v) is 1.94. The molecule has 3 nitrogen and oxygen atoms in total. The maximum atomic E-state index is 5.98. The summed E-state index contributed by atoms with van der Waals surface area (Å²) in [6.07, 6.45) is 4.09. The van der Waals surface area contributed by atoms with Crippen LogP contribution in [0.25, 0.3) is 0 Å². The van der Waals surface area contributed by atoms with Gasteiger partial charge >= 0.3 is 0 Å². The number of hydrogen-bond acceptors (Lipinski definition) is 3. The quantitative estimate of drug-likeness (QED) is 0.805. The molecule has 0 aliphatic carbocycles. The Kier molecular flexibility index (Phi) is 6.13. The minimum Gasteiger partial charge on any atom is -0.370 e. The van der Waals surface area contributed by atoms with Crippen LogP contribution in [-0.4, -0.2) is 18.1 Å². The lowest BCUT2D eigenvalue weighted by Crippen LogP contribution is -2.28. The Morgan fingerprint density at radius 1 is 1.22 bits per heavy atom. The first-order chi connectivity index (χ1) is 8.62. The summed E-state index contributed by atoms with van der Waals surface area (Å²) < 4.78 is 0. The van der Waals surface area contributed by atoms with E-state index in [1.54, 1.807) is 0 Å². The lowest BCUT2D eigenvalue weighted by Gasteiger charge is -2.26. The molecule has 0 aliphatic heterocycles. The van der Waals surface area contributed by atoms with E-state index in [1.165, 1.54) is 12.1 Å². The molecule has 2 unspecified atom stereocenters. The Balaban J connectivity index is 2.75. The SMILES string of the molecule is CCC(C)CN(CC)c1ccc(C(N)CC)nc1. The highest BCUT2D eigenvalue weighted by Crippen LogP contribution is 2.18. The second kappa shape index (κ2) is 7.37. The van der Waals surface area contributed by atoms with E-state index in [1.807, 2.05) is 6.20 Å². The molecule has 0 saturated carbocycles. The Labute approximate surface area is 111 Å². The summed E-state index contributed by atoms with van der Waals surface area (Å²) in [6, 6.07) is 4.26. The molecule has 2 N–H and O–H groups in total. The van der Waals surface area contributed by atoms with Gasteiger partial charge in [-0.3, -0.25) is 4.98 Å². The van der Waals surface area contributed by atoms with Crippen molar-refractivity contribution in [2.24, 2.45) is 11.7 Å². The van der Waals surface area contributed by atoms with Crippen LogP contribution in [0.3, 0.4) is 0 Å². The van der Waals surface area contributed by atoms with Gasteiger partial charge in [-0.2, -0.15) is 0 Å². The van der Waals surface area contributed by atoms with E-state index >= 15 is 0 Å². The molecule has 0 amide bonds. The molecule has 2 atom stereocenters. The Morgan fingerprint density at radius 2 is 1.94 bits per heavy atom. The average Bonchev–Trinajstić information content (AvgIpc) is 2.43. The minimum atomic E-state index is 0.0590. The van der Waals surface area contributed by atoms with Gasteiger partial charge in [0.2, 0.25) is 0 Å². The van der Waals surface area contributed by atoms with Crippen LogP contribution in [0.15, 0.2) is 18.3 Å². The smallest absolute Gasteiger partial charge is 0.0572 e. The number of pyridine rings is 1. The fraction of sp³-hybridized carbons (Fsp3) is 0.667. The Hall–Kier alpha value is -1.09. The first kappa shape index (κ1) is 15.0. The number of hydrogen-bond donors (Lipinski definition) is 1. The summed E-state index contributed by atoms with van der Waals surface area (Å²) in [4.78, 5) is 6.86. The molecule has 0 bridgehead atoms. The van der Waals surface area contributed by atoms with E-state index in [-0.39, 0.29) is 6.04 Å². The van der Waals surface area contributed by atoms with Crippen LogP contribution in [-0.2, 0) is 0 Å². The lowest BCUT2D eigenvalue weighted by molar-refractivity contribution is 0.547. The average molecular weight is 249 g/mol. The number of anilines is 1. The highest BCUT2D eigenvalue weighted by molar-refractivity contribution is 5.44.